The number of hydrogen-bond donors (Lipinski definition) is 0. The highest BCUT2D eigenvalue weighted by Gasteiger charge is 2.42. The Morgan fingerprint density at radius 3 is 2.40 bits per heavy atom. The number of hydrogen-bond acceptors (Lipinski definition) is 4. The lowest BCUT2D eigenvalue weighted by molar-refractivity contribution is -0.120. The summed E-state index contributed by atoms with van der Waals surface area (Å²) < 4.78 is 5.71. The Kier molecular flexibility index (Phi) is 6.09. The first kappa shape index (κ1) is 20.5. The minimum atomic E-state index is -0.310. The molecule has 0 N–H and O–H groups in total. The third kappa shape index (κ3) is 3.94. The van der Waals surface area contributed by atoms with Crippen molar-refractivity contribution < 1.29 is 14.3 Å². The fraction of sp³-hybridized carbons (Fsp3) is 0.333. The first-order valence-corrected chi connectivity index (χ1v) is 10.8. The Morgan fingerprint density at radius 2 is 1.70 bits per heavy atom. The zero-order valence-corrected chi connectivity index (χ0v) is 17.8. The summed E-state index contributed by atoms with van der Waals surface area (Å²) in [5.41, 5.74) is 2.16. The molecule has 0 aliphatic carbocycles. The van der Waals surface area contributed by atoms with Crippen molar-refractivity contribution in [2.45, 2.75) is 32.6 Å². The summed E-state index contributed by atoms with van der Waals surface area (Å²) in [4.78, 5) is 30.4. The van der Waals surface area contributed by atoms with Gasteiger partial charge in [-0.25, -0.2) is 4.90 Å². The highest BCUT2D eigenvalue weighted by molar-refractivity contribution is 6.45. The molecule has 4 rings (SSSR count). The van der Waals surface area contributed by atoms with Gasteiger partial charge in [0.1, 0.15) is 11.4 Å². The van der Waals surface area contributed by atoms with Crippen LogP contribution in [-0.4, -0.2) is 36.4 Å². The summed E-state index contributed by atoms with van der Waals surface area (Å²) in [5.74, 6) is 0.0597. The van der Waals surface area contributed by atoms with Crippen LogP contribution in [0.4, 0.5) is 5.69 Å². The van der Waals surface area contributed by atoms with Crippen molar-refractivity contribution in [3.63, 3.8) is 0 Å². The van der Waals surface area contributed by atoms with Crippen LogP contribution in [0.3, 0.4) is 0 Å². The Labute approximate surface area is 181 Å². The Bertz CT molecular complexity index is 978. The molecule has 0 bridgehead atoms. The number of halogens is 1. The van der Waals surface area contributed by atoms with Gasteiger partial charge in [-0.1, -0.05) is 36.7 Å². The molecular weight excluding hydrogens is 400 g/mol. The van der Waals surface area contributed by atoms with Gasteiger partial charge in [-0.15, -0.1) is 0 Å². The number of ether oxygens (including phenoxy) is 1. The molecule has 1 saturated heterocycles. The number of benzene rings is 2. The summed E-state index contributed by atoms with van der Waals surface area (Å²) in [7, 11) is 0. The van der Waals surface area contributed by atoms with Crippen molar-refractivity contribution in [2.24, 2.45) is 0 Å². The quantitative estimate of drug-likeness (QED) is 0.619. The number of nitrogens with zero attached hydrogens (tertiary/aromatic N) is 2. The number of rotatable bonds is 6. The van der Waals surface area contributed by atoms with Gasteiger partial charge in [0.05, 0.1) is 17.9 Å². The maximum absolute atomic E-state index is 13.5. The van der Waals surface area contributed by atoms with E-state index in [1.165, 1.54) is 4.90 Å². The minimum absolute atomic E-state index is 0.278. The first-order valence-electron chi connectivity index (χ1n) is 10.5. The molecule has 5 nitrogen and oxygen atoms in total. The van der Waals surface area contributed by atoms with Crippen LogP contribution in [0.5, 0.6) is 5.75 Å². The zero-order chi connectivity index (χ0) is 21.1. The molecule has 2 aliphatic rings. The van der Waals surface area contributed by atoms with Crippen molar-refractivity contribution >= 4 is 34.7 Å². The van der Waals surface area contributed by atoms with E-state index in [4.69, 9.17) is 16.3 Å². The summed E-state index contributed by atoms with van der Waals surface area (Å²) in [6.45, 7) is 4.17. The van der Waals surface area contributed by atoms with E-state index in [9.17, 15) is 9.59 Å². The smallest absolute Gasteiger partial charge is 0.282 e. The van der Waals surface area contributed by atoms with Crippen LogP contribution in [0, 0.1) is 0 Å². The van der Waals surface area contributed by atoms with Crippen molar-refractivity contribution in [3.8, 4) is 5.75 Å². The van der Waals surface area contributed by atoms with Crippen molar-refractivity contribution in [1.82, 2.24) is 4.90 Å². The van der Waals surface area contributed by atoms with Crippen LogP contribution in [0.25, 0.3) is 5.57 Å². The number of piperidine rings is 1. The molecule has 6 heteroatoms. The molecule has 0 radical (unpaired) electrons. The molecule has 30 heavy (non-hydrogen) atoms. The predicted molar refractivity (Wildman–Crippen MR) is 119 cm³/mol. The number of carbonyl (C=O) groups is 2. The van der Waals surface area contributed by atoms with E-state index in [1.807, 2.05) is 19.1 Å². The van der Waals surface area contributed by atoms with Crippen LogP contribution < -0.4 is 9.64 Å². The van der Waals surface area contributed by atoms with Crippen molar-refractivity contribution in [1.29, 1.82) is 0 Å². The van der Waals surface area contributed by atoms with E-state index in [1.54, 1.807) is 36.4 Å². The average Bonchev–Trinajstić information content (AvgIpc) is 3.03. The molecule has 2 aliphatic heterocycles. The second kappa shape index (κ2) is 8.92. The normalized spacial score (nSPS) is 17.1. The Hall–Kier alpha value is -2.79. The van der Waals surface area contributed by atoms with Gasteiger partial charge in [0.15, 0.2) is 0 Å². The minimum Gasteiger partial charge on any atom is -0.494 e. The number of anilines is 1. The maximum atomic E-state index is 13.5. The van der Waals surface area contributed by atoms with E-state index < -0.39 is 0 Å². The number of likely N-dealkylation sites (tertiary alicyclic amines) is 1. The predicted octanol–water partition coefficient (Wildman–Crippen LogP) is 4.90. The van der Waals surface area contributed by atoms with Gasteiger partial charge in [0.2, 0.25) is 0 Å². The van der Waals surface area contributed by atoms with Gasteiger partial charge in [0, 0.05) is 24.2 Å². The monoisotopic (exact) mass is 424 g/mol. The summed E-state index contributed by atoms with van der Waals surface area (Å²) in [5, 5.41) is 0.591. The molecule has 2 heterocycles. The fourth-order valence-corrected chi connectivity index (χ4v) is 4.10. The highest BCUT2D eigenvalue weighted by atomic mass is 35.5. The van der Waals surface area contributed by atoms with Gasteiger partial charge >= 0.3 is 0 Å². The van der Waals surface area contributed by atoms with Crippen LogP contribution >= 0.6 is 11.6 Å². The summed E-state index contributed by atoms with van der Waals surface area (Å²) in [6.07, 6.45) is 4.05. The third-order valence-electron chi connectivity index (χ3n) is 5.41. The Balaban J connectivity index is 1.75. The standard InChI is InChI=1S/C24H25ClN2O3/c1-2-15-30-20-8-6-7-19(16-20)27-23(28)21(17-9-11-18(25)12-10-17)22(24(27)29)26-13-4-3-5-14-26/h6-12,16H,2-5,13-15H2,1H3. The van der Waals surface area contributed by atoms with Crippen molar-refractivity contribution in [3.05, 3.63) is 64.8 Å². The van der Waals surface area contributed by atoms with E-state index in [2.05, 4.69) is 4.90 Å². The van der Waals surface area contributed by atoms with Gasteiger partial charge in [-0.3, -0.25) is 9.59 Å². The highest BCUT2D eigenvalue weighted by Crippen LogP contribution is 2.37. The lowest BCUT2D eigenvalue weighted by Crippen LogP contribution is -2.37. The third-order valence-corrected chi connectivity index (χ3v) is 5.67. The van der Waals surface area contributed by atoms with Crippen LogP contribution in [0.2, 0.25) is 5.02 Å². The van der Waals surface area contributed by atoms with Gasteiger partial charge < -0.3 is 9.64 Å². The molecule has 2 aromatic carbocycles. The van der Waals surface area contributed by atoms with E-state index in [-0.39, 0.29) is 11.8 Å². The van der Waals surface area contributed by atoms with Gasteiger partial charge in [0.25, 0.3) is 11.8 Å². The average molecular weight is 425 g/mol. The topological polar surface area (TPSA) is 49.9 Å². The number of carbonyl (C=O) groups excluding carboxylic acids is 2. The number of imide groups is 1. The molecule has 0 unspecified atom stereocenters. The SMILES string of the molecule is CCCOc1cccc(N2C(=O)C(c3ccc(Cl)cc3)=C(N3CCCCC3)C2=O)c1. The largest absolute Gasteiger partial charge is 0.494 e. The Morgan fingerprint density at radius 1 is 0.967 bits per heavy atom. The lowest BCUT2D eigenvalue weighted by Gasteiger charge is -2.29. The second-order valence-electron chi connectivity index (χ2n) is 7.57. The molecular formula is C24H25ClN2O3. The molecule has 0 saturated carbocycles. The van der Waals surface area contributed by atoms with Crippen LogP contribution in [0.15, 0.2) is 54.2 Å². The first-order chi connectivity index (χ1) is 14.6. The fourth-order valence-electron chi connectivity index (χ4n) is 3.97. The van der Waals surface area contributed by atoms with Crippen molar-refractivity contribution in [2.75, 3.05) is 24.6 Å². The number of amides is 2. The molecule has 0 atom stereocenters. The molecule has 2 amide bonds. The molecule has 0 spiro atoms. The lowest BCUT2D eigenvalue weighted by atomic mass is 10.0. The maximum Gasteiger partial charge on any atom is 0.282 e. The van der Waals surface area contributed by atoms with E-state index in [0.717, 1.165) is 38.8 Å². The summed E-state index contributed by atoms with van der Waals surface area (Å²) >= 11 is 6.05. The molecule has 1 fully saturated rings. The molecule has 156 valence electrons. The van der Waals surface area contributed by atoms with Gasteiger partial charge in [-0.05, 0) is 55.5 Å². The molecule has 2 aromatic rings. The zero-order valence-electron chi connectivity index (χ0n) is 17.1. The van der Waals surface area contributed by atoms with Crippen LogP contribution in [-0.2, 0) is 9.59 Å². The molecule has 0 aromatic heterocycles. The van der Waals surface area contributed by atoms with E-state index in [0.29, 0.717) is 39.9 Å². The van der Waals surface area contributed by atoms with Crippen LogP contribution in [0.1, 0.15) is 38.2 Å². The summed E-state index contributed by atoms with van der Waals surface area (Å²) in [6, 6.07) is 14.3. The van der Waals surface area contributed by atoms with Gasteiger partial charge in [-0.2, -0.15) is 0 Å². The second-order valence-corrected chi connectivity index (χ2v) is 8.01. The van der Waals surface area contributed by atoms with E-state index >= 15 is 0 Å².